The number of hydrogen-bond acceptors (Lipinski definition) is 3. The quantitative estimate of drug-likeness (QED) is 0.549. The average molecular weight is 441 g/mol. The van der Waals surface area contributed by atoms with Crippen LogP contribution in [0, 0.1) is 18.8 Å². The summed E-state index contributed by atoms with van der Waals surface area (Å²) in [4.78, 5) is 15.7. The van der Waals surface area contributed by atoms with Crippen LogP contribution in [0.3, 0.4) is 0 Å². The molecule has 1 saturated heterocycles. The fraction of sp³-hybridized carbons (Fsp3) is 0.345. The lowest BCUT2D eigenvalue weighted by atomic mass is 9.87. The number of fused-ring (bicyclic) bond motifs is 1. The topological polar surface area (TPSA) is 41.6 Å². The Kier molecular flexibility index (Phi) is 6.19. The zero-order valence-corrected chi connectivity index (χ0v) is 19.4. The van der Waals surface area contributed by atoms with E-state index in [1.807, 2.05) is 24.3 Å². The maximum Gasteiger partial charge on any atom is 0.221 e. The predicted molar refractivity (Wildman–Crippen MR) is 131 cm³/mol. The first-order valence-corrected chi connectivity index (χ1v) is 11.9. The van der Waals surface area contributed by atoms with Crippen LogP contribution in [0.2, 0.25) is 0 Å². The molecule has 4 heteroatoms. The maximum atomic E-state index is 13.2. The SMILES string of the molecule is COc1ccc(C)cc1C(CC(=O)NC1C2CN(Cc3ccccc3)CC21)c1ccccc1. The van der Waals surface area contributed by atoms with Gasteiger partial charge in [-0.05, 0) is 36.0 Å². The molecule has 4 nitrogen and oxygen atoms in total. The van der Waals surface area contributed by atoms with Gasteiger partial charge in [0.25, 0.3) is 0 Å². The summed E-state index contributed by atoms with van der Waals surface area (Å²) >= 11 is 0. The maximum absolute atomic E-state index is 13.2. The van der Waals surface area contributed by atoms with E-state index >= 15 is 0 Å². The second kappa shape index (κ2) is 9.40. The molecule has 1 saturated carbocycles. The van der Waals surface area contributed by atoms with Crippen LogP contribution < -0.4 is 10.1 Å². The van der Waals surface area contributed by atoms with Gasteiger partial charge < -0.3 is 10.1 Å². The average Bonchev–Trinajstić information content (AvgIpc) is 3.26. The van der Waals surface area contributed by atoms with E-state index in [1.54, 1.807) is 7.11 Å². The number of hydrogen-bond donors (Lipinski definition) is 1. The number of methoxy groups -OCH3 is 1. The number of ether oxygens (including phenoxy) is 1. The van der Waals surface area contributed by atoms with Gasteiger partial charge in [-0.25, -0.2) is 0 Å². The van der Waals surface area contributed by atoms with Crippen LogP contribution in [0.1, 0.15) is 34.6 Å². The lowest BCUT2D eigenvalue weighted by Gasteiger charge is -2.22. The second-order valence-corrected chi connectivity index (χ2v) is 9.51. The van der Waals surface area contributed by atoms with Crippen molar-refractivity contribution in [3.63, 3.8) is 0 Å². The van der Waals surface area contributed by atoms with Crippen LogP contribution in [0.5, 0.6) is 5.75 Å². The molecule has 3 atom stereocenters. The van der Waals surface area contributed by atoms with E-state index in [9.17, 15) is 4.79 Å². The van der Waals surface area contributed by atoms with E-state index in [4.69, 9.17) is 4.74 Å². The molecular formula is C29H32N2O2. The van der Waals surface area contributed by atoms with Crippen LogP contribution in [0.4, 0.5) is 0 Å². The first-order chi connectivity index (χ1) is 16.1. The van der Waals surface area contributed by atoms with Gasteiger partial charge in [0.05, 0.1) is 7.11 Å². The number of nitrogens with one attached hydrogen (secondary N) is 1. The summed E-state index contributed by atoms with van der Waals surface area (Å²) < 4.78 is 5.66. The molecule has 33 heavy (non-hydrogen) atoms. The lowest BCUT2D eigenvalue weighted by Crippen LogP contribution is -2.35. The standard InChI is InChI=1S/C29H32N2O2/c1-20-13-14-27(33-2)24(15-20)23(22-11-7-4-8-12-22)16-28(32)30-29-25-18-31(19-26(25)29)17-21-9-5-3-6-10-21/h3-15,23,25-26,29H,16-19H2,1-2H3,(H,30,32). The molecule has 3 aromatic rings. The largest absolute Gasteiger partial charge is 0.496 e. The fourth-order valence-electron chi connectivity index (χ4n) is 5.45. The summed E-state index contributed by atoms with van der Waals surface area (Å²) in [5.41, 5.74) is 4.74. The smallest absolute Gasteiger partial charge is 0.221 e. The van der Waals surface area contributed by atoms with E-state index in [1.165, 1.54) is 11.1 Å². The fourth-order valence-corrected chi connectivity index (χ4v) is 5.45. The van der Waals surface area contributed by atoms with Crippen molar-refractivity contribution in [2.75, 3.05) is 20.2 Å². The number of likely N-dealkylation sites (tertiary alicyclic amines) is 1. The molecule has 1 heterocycles. The monoisotopic (exact) mass is 440 g/mol. The number of benzene rings is 3. The molecule has 1 N–H and O–H groups in total. The Morgan fingerprint density at radius 3 is 2.33 bits per heavy atom. The Balaban J connectivity index is 1.23. The minimum absolute atomic E-state index is 0.0331. The molecule has 170 valence electrons. The molecule has 1 amide bonds. The summed E-state index contributed by atoms with van der Waals surface area (Å²) in [6, 6.07) is 27.5. The number of carbonyl (C=O) groups is 1. The molecular weight excluding hydrogens is 408 g/mol. The van der Waals surface area contributed by atoms with Crippen LogP contribution in [-0.4, -0.2) is 37.0 Å². The summed E-state index contributed by atoms with van der Waals surface area (Å²) in [6.07, 6.45) is 0.424. The van der Waals surface area contributed by atoms with E-state index in [0.29, 0.717) is 24.3 Å². The molecule has 2 aliphatic rings. The van der Waals surface area contributed by atoms with E-state index in [0.717, 1.165) is 36.5 Å². The van der Waals surface area contributed by atoms with Crippen molar-refractivity contribution in [3.8, 4) is 5.75 Å². The lowest BCUT2D eigenvalue weighted by molar-refractivity contribution is -0.121. The van der Waals surface area contributed by atoms with Crippen molar-refractivity contribution in [1.29, 1.82) is 0 Å². The third kappa shape index (κ3) is 4.81. The van der Waals surface area contributed by atoms with Crippen molar-refractivity contribution < 1.29 is 9.53 Å². The molecule has 0 radical (unpaired) electrons. The van der Waals surface area contributed by atoms with Gasteiger partial charge >= 0.3 is 0 Å². The highest BCUT2D eigenvalue weighted by Gasteiger charge is 2.56. The van der Waals surface area contributed by atoms with Gasteiger partial charge in [-0.1, -0.05) is 78.4 Å². The molecule has 1 aliphatic heterocycles. The highest BCUT2D eigenvalue weighted by atomic mass is 16.5. The summed E-state index contributed by atoms with van der Waals surface area (Å²) in [5, 5.41) is 3.36. The summed E-state index contributed by atoms with van der Waals surface area (Å²) in [5.74, 6) is 2.10. The Morgan fingerprint density at radius 2 is 1.67 bits per heavy atom. The highest BCUT2D eigenvalue weighted by Crippen LogP contribution is 2.46. The third-order valence-electron chi connectivity index (χ3n) is 7.20. The predicted octanol–water partition coefficient (Wildman–Crippen LogP) is 4.77. The minimum atomic E-state index is -0.0331. The van der Waals surface area contributed by atoms with Gasteiger partial charge in [0, 0.05) is 43.6 Å². The number of aryl methyl sites for hydroxylation is 1. The van der Waals surface area contributed by atoms with Crippen LogP contribution in [-0.2, 0) is 11.3 Å². The van der Waals surface area contributed by atoms with Crippen molar-refractivity contribution in [3.05, 3.63) is 101 Å². The molecule has 0 spiro atoms. The molecule has 0 aromatic heterocycles. The Hall–Kier alpha value is -3.11. The van der Waals surface area contributed by atoms with E-state index < -0.39 is 0 Å². The number of piperidine rings is 1. The second-order valence-electron chi connectivity index (χ2n) is 9.51. The minimum Gasteiger partial charge on any atom is -0.496 e. The van der Waals surface area contributed by atoms with Crippen molar-refractivity contribution in [1.82, 2.24) is 10.2 Å². The molecule has 1 aliphatic carbocycles. The number of rotatable bonds is 8. The van der Waals surface area contributed by atoms with Crippen LogP contribution in [0.15, 0.2) is 78.9 Å². The van der Waals surface area contributed by atoms with Gasteiger partial charge in [-0.2, -0.15) is 0 Å². The summed E-state index contributed by atoms with van der Waals surface area (Å²) in [6.45, 7) is 5.21. The molecule has 3 unspecified atom stereocenters. The number of amides is 1. The van der Waals surface area contributed by atoms with Gasteiger partial charge in [-0.15, -0.1) is 0 Å². The Labute approximate surface area is 196 Å². The highest BCUT2D eigenvalue weighted by molar-refractivity contribution is 5.78. The van der Waals surface area contributed by atoms with Gasteiger partial charge in [0.2, 0.25) is 5.91 Å². The van der Waals surface area contributed by atoms with E-state index in [2.05, 4.69) is 71.7 Å². The van der Waals surface area contributed by atoms with Crippen molar-refractivity contribution in [2.24, 2.45) is 11.8 Å². The summed E-state index contributed by atoms with van der Waals surface area (Å²) in [7, 11) is 1.70. The van der Waals surface area contributed by atoms with Gasteiger partial charge in [0.1, 0.15) is 5.75 Å². The van der Waals surface area contributed by atoms with Crippen LogP contribution in [0.25, 0.3) is 0 Å². The van der Waals surface area contributed by atoms with E-state index in [-0.39, 0.29) is 11.8 Å². The molecule has 2 fully saturated rings. The molecule has 3 aromatic carbocycles. The number of carbonyl (C=O) groups excluding carboxylic acids is 1. The molecule has 5 rings (SSSR count). The zero-order chi connectivity index (χ0) is 22.8. The normalized spacial score (nSPS) is 22.4. The first-order valence-electron chi connectivity index (χ1n) is 11.9. The van der Waals surface area contributed by atoms with Gasteiger partial charge in [0.15, 0.2) is 0 Å². The van der Waals surface area contributed by atoms with Crippen molar-refractivity contribution >= 4 is 5.91 Å². The molecule has 0 bridgehead atoms. The zero-order valence-electron chi connectivity index (χ0n) is 19.4. The number of nitrogens with zero attached hydrogens (tertiary/aromatic N) is 1. The van der Waals surface area contributed by atoms with Gasteiger partial charge in [-0.3, -0.25) is 9.69 Å². The Bertz CT molecular complexity index is 1090. The Morgan fingerprint density at radius 1 is 1.00 bits per heavy atom. The van der Waals surface area contributed by atoms with Crippen LogP contribution >= 0.6 is 0 Å². The van der Waals surface area contributed by atoms with Crippen molar-refractivity contribution in [2.45, 2.75) is 31.8 Å². The first kappa shape index (κ1) is 21.7. The third-order valence-corrected chi connectivity index (χ3v) is 7.20.